The molecule has 0 bridgehead atoms. The number of carbonyl (C=O) groups excluding carboxylic acids is 1. The van der Waals surface area contributed by atoms with Crippen LogP contribution in [-0.2, 0) is 6.54 Å². The number of hydrogen-bond donors (Lipinski definition) is 1. The molecular weight excluding hydrogens is 340 g/mol. The van der Waals surface area contributed by atoms with Crippen molar-refractivity contribution in [3.05, 3.63) is 83.3 Å². The SMILES string of the molecule is Cc1cncc(C(=O)NCc2cccnc2Oc2ccc(F)cc2F)c1. The molecule has 0 fully saturated rings. The molecule has 0 aliphatic rings. The van der Waals surface area contributed by atoms with Crippen molar-refractivity contribution in [2.45, 2.75) is 13.5 Å². The van der Waals surface area contributed by atoms with E-state index < -0.39 is 11.6 Å². The number of hydrogen-bond acceptors (Lipinski definition) is 4. The lowest BCUT2D eigenvalue weighted by Gasteiger charge is -2.11. The van der Waals surface area contributed by atoms with Crippen LogP contribution in [0.15, 0.2) is 55.0 Å². The third-order valence-electron chi connectivity index (χ3n) is 3.53. The monoisotopic (exact) mass is 355 g/mol. The number of halogens is 2. The summed E-state index contributed by atoms with van der Waals surface area (Å²) in [5.41, 5.74) is 1.85. The van der Waals surface area contributed by atoms with Gasteiger partial charge in [-0.2, -0.15) is 0 Å². The van der Waals surface area contributed by atoms with Gasteiger partial charge in [-0.25, -0.2) is 13.8 Å². The first-order chi connectivity index (χ1) is 12.5. The smallest absolute Gasteiger partial charge is 0.253 e. The topological polar surface area (TPSA) is 64.1 Å². The lowest BCUT2D eigenvalue weighted by atomic mass is 10.2. The highest BCUT2D eigenvalue weighted by molar-refractivity contribution is 5.93. The molecule has 2 heterocycles. The molecule has 0 atom stereocenters. The van der Waals surface area contributed by atoms with Crippen molar-refractivity contribution in [1.29, 1.82) is 0 Å². The minimum Gasteiger partial charge on any atom is -0.436 e. The molecule has 0 aliphatic carbocycles. The van der Waals surface area contributed by atoms with Crippen LogP contribution in [0.1, 0.15) is 21.5 Å². The standard InChI is InChI=1S/C19H15F2N3O2/c1-12-7-14(10-22-9-12)18(25)24-11-13-3-2-6-23-19(13)26-17-5-4-15(20)8-16(17)21/h2-10H,11H2,1H3,(H,24,25). The van der Waals surface area contributed by atoms with Crippen molar-refractivity contribution >= 4 is 5.91 Å². The lowest BCUT2D eigenvalue weighted by molar-refractivity contribution is 0.0950. The number of nitrogens with zero attached hydrogens (tertiary/aromatic N) is 2. The first kappa shape index (κ1) is 17.5. The van der Waals surface area contributed by atoms with Crippen molar-refractivity contribution in [1.82, 2.24) is 15.3 Å². The van der Waals surface area contributed by atoms with Crippen LogP contribution in [0.25, 0.3) is 0 Å². The number of aryl methyl sites for hydroxylation is 1. The van der Waals surface area contributed by atoms with E-state index in [1.54, 1.807) is 24.4 Å². The van der Waals surface area contributed by atoms with Gasteiger partial charge >= 0.3 is 0 Å². The average molecular weight is 355 g/mol. The Kier molecular flexibility index (Phi) is 5.17. The van der Waals surface area contributed by atoms with Gasteiger partial charge in [-0.1, -0.05) is 6.07 Å². The summed E-state index contributed by atoms with van der Waals surface area (Å²) in [6.45, 7) is 1.97. The minimum absolute atomic E-state index is 0.124. The molecular formula is C19H15F2N3O2. The fraction of sp³-hybridized carbons (Fsp3) is 0.105. The number of carbonyl (C=O) groups is 1. The van der Waals surface area contributed by atoms with Gasteiger partial charge in [0.1, 0.15) is 5.82 Å². The number of rotatable bonds is 5. The average Bonchev–Trinajstić information content (AvgIpc) is 2.63. The fourth-order valence-corrected chi connectivity index (χ4v) is 2.27. The Morgan fingerprint density at radius 2 is 2.04 bits per heavy atom. The number of aromatic nitrogens is 2. The molecule has 0 unspecified atom stereocenters. The molecule has 0 saturated heterocycles. The van der Waals surface area contributed by atoms with Crippen LogP contribution >= 0.6 is 0 Å². The Morgan fingerprint density at radius 1 is 1.19 bits per heavy atom. The maximum absolute atomic E-state index is 13.8. The van der Waals surface area contributed by atoms with E-state index in [9.17, 15) is 13.6 Å². The van der Waals surface area contributed by atoms with Crippen LogP contribution in [0.2, 0.25) is 0 Å². The van der Waals surface area contributed by atoms with Gasteiger partial charge in [0.25, 0.3) is 5.91 Å². The number of benzene rings is 1. The highest BCUT2D eigenvalue weighted by Crippen LogP contribution is 2.26. The van der Waals surface area contributed by atoms with Gasteiger partial charge in [0.05, 0.1) is 5.56 Å². The quantitative estimate of drug-likeness (QED) is 0.756. The lowest BCUT2D eigenvalue weighted by Crippen LogP contribution is -2.23. The predicted octanol–water partition coefficient (Wildman–Crippen LogP) is 3.79. The van der Waals surface area contributed by atoms with Crippen molar-refractivity contribution in [2.24, 2.45) is 0 Å². The largest absolute Gasteiger partial charge is 0.436 e. The zero-order valence-corrected chi connectivity index (χ0v) is 13.9. The second-order valence-corrected chi connectivity index (χ2v) is 5.58. The summed E-state index contributed by atoms with van der Waals surface area (Å²) >= 11 is 0. The van der Waals surface area contributed by atoms with Crippen molar-refractivity contribution in [3.63, 3.8) is 0 Å². The Labute approximate surface area is 148 Å². The molecule has 7 heteroatoms. The molecule has 0 saturated carbocycles. The Bertz CT molecular complexity index is 948. The van der Waals surface area contributed by atoms with Gasteiger partial charge in [-0.05, 0) is 36.8 Å². The van der Waals surface area contributed by atoms with E-state index in [-0.39, 0.29) is 24.1 Å². The van der Waals surface area contributed by atoms with E-state index in [1.807, 2.05) is 6.92 Å². The number of nitrogens with one attached hydrogen (secondary N) is 1. The first-order valence-electron chi connectivity index (χ1n) is 7.79. The van der Waals surface area contributed by atoms with E-state index in [2.05, 4.69) is 15.3 Å². The second kappa shape index (κ2) is 7.69. The van der Waals surface area contributed by atoms with Gasteiger partial charge in [-0.3, -0.25) is 9.78 Å². The summed E-state index contributed by atoms with van der Waals surface area (Å²) in [5, 5.41) is 2.74. The maximum atomic E-state index is 13.8. The summed E-state index contributed by atoms with van der Waals surface area (Å²) in [6, 6.07) is 8.08. The van der Waals surface area contributed by atoms with Gasteiger partial charge in [0.2, 0.25) is 5.88 Å². The van der Waals surface area contributed by atoms with Crippen molar-refractivity contribution < 1.29 is 18.3 Å². The third kappa shape index (κ3) is 4.18. The molecule has 1 amide bonds. The molecule has 2 aromatic heterocycles. The van der Waals surface area contributed by atoms with Crippen molar-refractivity contribution in [2.75, 3.05) is 0 Å². The van der Waals surface area contributed by atoms with Gasteiger partial charge in [0, 0.05) is 36.8 Å². The third-order valence-corrected chi connectivity index (χ3v) is 3.53. The Hall–Kier alpha value is -3.35. The van der Waals surface area contributed by atoms with Crippen molar-refractivity contribution in [3.8, 4) is 11.6 Å². The van der Waals surface area contributed by atoms with E-state index in [0.29, 0.717) is 11.1 Å². The number of ether oxygens (including phenoxy) is 1. The van der Waals surface area contributed by atoms with Crippen LogP contribution in [0.3, 0.4) is 0 Å². The van der Waals surface area contributed by atoms with Crippen LogP contribution < -0.4 is 10.1 Å². The molecule has 0 spiro atoms. The van der Waals surface area contributed by atoms with E-state index in [1.165, 1.54) is 18.5 Å². The minimum atomic E-state index is -0.837. The summed E-state index contributed by atoms with van der Waals surface area (Å²) < 4.78 is 32.2. The zero-order valence-electron chi connectivity index (χ0n) is 13.9. The van der Waals surface area contributed by atoms with Crippen LogP contribution in [-0.4, -0.2) is 15.9 Å². The Balaban J connectivity index is 1.74. The second-order valence-electron chi connectivity index (χ2n) is 5.58. The first-order valence-corrected chi connectivity index (χ1v) is 7.79. The van der Waals surface area contributed by atoms with Gasteiger partial charge < -0.3 is 10.1 Å². The highest BCUT2D eigenvalue weighted by atomic mass is 19.1. The summed E-state index contributed by atoms with van der Waals surface area (Å²) in [5.74, 6) is -1.86. The fourth-order valence-electron chi connectivity index (χ4n) is 2.27. The van der Waals surface area contributed by atoms with E-state index >= 15 is 0 Å². The van der Waals surface area contributed by atoms with E-state index in [0.717, 1.165) is 17.7 Å². The summed E-state index contributed by atoms with van der Waals surface area (Å²) in [7, 11) is 0. The molecule has 26 heavy (non-hydrogen) atoms. The summed E-state index contributed by atoms with van der Waals surface area (Å²) in [6.07, 6.45) is 4.60. The summed E-state index contributed by atoms with van der Waals surface area (Å²) in [4.78, 5) is 20.3. The van der Waals surface area contributed by atoms with Crippen LogP contribution in [0.4, 0.5) is 8.78 Å². The molecule has 0 aliphatic heterocycles. The van der Waals surface area contributed by atoms with E-state index in [4.69, 9.17) is 4.74 Å². The number of amides is 1. The van der Waals surface area contributed by atoms with Gasteiger partial charge in [-0.15, -0.1) is 0 Å². The van der Waals surface area contributed by atoms with Gasteiger partial charge in [0.15, 0.2) is 11.6 Å². The maximum Gasteiger partial charge on any atom is 0.253 e. The normalized spacial score (nSPS) is 10.4. The van der Waals surface area contributed by atoms with Crippen LogP contribution in [0.5, 0.6) is 11.6 Å². The number of pyridine rings is 2. The molecule has 132 valence electrons. The van der Waals surface area contributed by atoms with Crippen LogP contribution in [0, 0.1) is 18.6 Å². The molecule has 1 N–H and O–H groups in total. The Morgan fingerprint density at radius 3 is 2.81 bits per heavy atom. The molecule has 3 rings (SSSR count). The zero-order chi connectivity index (χ0) is 18.5. The molecule has 3 aromatic rings. The molecule has 5 nitrogen and oxygen atoms in total. The highest BCUT2D eigenvalue weighted by Gasteiger charge is 2.12. The molecule has 0 radical (unpaired) electrons. The predicted molar refractivity (Wildman–Crippen MR) is 90.8 cm³/mol. The molecule has 1 aromatic carbocycles.